The highest BCUT2D eigenvalue weighted by Gasteiger charge is 2.12. The van der Waals surface area contributed by atoms with Crippen molar-refractivity contribution in [2.75, 3.05) is 6.54 Å². The second-order valence-electron chi connectivity index (χ2n) is 3.77. The van der Waals surface area contributed by atoms with Crippen molar-refractivity contribution in [3.05, 3.63) is 0 Å². The minimum atomic E-state index is 0.912. The van der Waals surface area contributed by atoms with Gasteiger partial charge >= 0.3 is 0 Å². The molecule has 0 atom stereocenters. The largest absolute Gasteiger partial charge is 0.310 e. The molecule has 0 saturated heterocycles. The molecule has 70 valence electrons. The third-order valence-electron chi connectivity index (χ3n) is 2.45. The Kier molecular flexibility index (Phi) is 4.12. The van der Waals surface area contributed by atoms with Crippen LogP contribution in [-0.2, 0) is 0 Å². The van der Waals surface area contributed by atoms with Gasteiger partial charge in [0.1, 0.15) is 0 Å². The molecule has 0 unspecified atom stereocenters. The first-order chi connectivity index (χ1) is 5.83. The Labute approximate surface area is 75.4 Å². The molecule has 1 rings (SSSR count). The van der Waals surface area contributed by atoms with Gasteiger partial charge in [0.05, 0.1) is 0 Å². The van der Waals surface area contributed by atoms with Gasteiger partial charge < -0.3 is 5.43 Å². The fourth-order valence-corrected chi connectivity index (χ4v) is 1.49. The van der Waals surface area contributed by atoms with Crippen LogP contribution in [0.5, 0.6) is 0 Å². The molecule has 0 aromatic heterocycles. The summed E-state index contributed by atoms with van der Waals surface area (Å²) in [6.45, 7) is 5.51. The molecule has 1 fully saturated rings. The van der Waals surface area contributed by atoms with E-state index in [4.69, 9.17) is 0 Å². The molecule has 0 aromatic rings. The molecule has 0 bridgehead atoms. The lowest BCUT2D eigenvalue weighted by molar-refractivity contribution is 0.480. The minimum absolute atomic E-state index is 0.912. The summed E-state index contributed by atoms with van der Waals surface area (Å²) >= 11 is 0. The Balaban J connectivity index is 2.19. The van der Waals surface area contributed by atoms with Crippen LogP contribution in [0.25, 0.3) is 0 Å². The van der Waals surface area contributed by atoms with Gasteiger partial charge in [-0.15, -0.1) is 0 Å². The summed E-state index contributed by atoms with van der Waals surface area (Å²) in [5, 5.41) is 4.37. The van der Waals surface area contributed by atoms with Gasteiger partial charge in [0, 0.05) is 12.3 Å². The van der Waals surface area contributed by atoms with Crippen molar-refractivity contribution in [3.8, 4) is 0 Å². The predicted molar refractivity (Wildman–Crippen MR) is 53.4 cm³/mol. The quantitative estimate of drug-likeness (QED) is 0.508. The molecule has 12 heavy (non-hydrogen) atoms. The van der Waals surface area contributed by atoms with E-state index in [0.717, 1.165) is 18.9 Å². The van der Waals surface area contributed by atoms with Crippen molar-refractivity contribution >= 4 is 5.71 Å². The lowest BCUT2D eigenvalue weighted by atomic mass is 9.90. The second-order valence-corrected chi connectivity index (χ2v) is 3.77. The van der Waals surface area contributed by atoms with Crippen LogP contribution in [0.3, 0.4) is 0 Å². The predicted octanol–water partition coefficient (Wildman–Crippen LogP) is 2.55. The normalized spacial score (nSPS) is 23.8. The van der Waals surface area contributed by atoms with Gasteiger partial charge in [-0.25, -0.2) is 0 Å². The third kappa shape index (κ3) is 3.24. The van der Waals surface area contributed by atoms with E-state index < -0.39 is 0 Å². The molecule has 0 heterocycles. The first-order valence-corrected chi connectivity index (χ1v) is 5.11. The zero-order chi connectivity index (χ0) is 8.81. The average Bonchev–Trinajstić information content (AvgIpc) is 2.09. The van der Waals surface area contributed by atoms with Crippen molar-refractivity contribution in [1.82, 2.24) is 5.43 Å². The molecule has 0 amide bonds. The molecule has 0 aromatic carbocycles. The highest BCUT2D eigenvalue weighted by atomic mass is 15.3. The Hall–Kier alpha value is -0.530. The number of hydrazone groups is 1. The molecular weight excluding hydrogens is 148 g/mol. The minimum Gasteiger partial charge on any atom is -0.310 e. The zero-order valence-electron chi connectivity index (χ0n) is 8.27. The van der Waals surface area contributed by atoms with E-state index in [1.165, 1.54) is 31.4 Å². The van der Waals surface area contributed by atoms with Gasteiger partial charge in [0.25, 0.3) is 0 Å². The summed E-state index contributed by atoms with van der Waals surface area (Å²) in [5.74, 6) is 0.912. The number of nitrogens with one attached hydrogen (secondary N) is 1. The van der Waals surface area contributed by atoms with E-state index in [2.05, 4.69) is 24.4 Å². The summed E-state index contributed by atoms with van der Waals surface area (Å²) in [7, 11) is 0. The Morgan fingerprint density at radius 3 is 2.67 bits per heavy atom. The van der Waals surface area contributed by atoms with Crippen molar-refractivity contribution in [2.45, 2.75) is 46.0 Å². The molecule has 1 N–H and O–H groups in total. The van der Waals surface area contributed by atoms with E-state index in [1.807, 2.05) is 0 Å². The van der Waals surface area contributed by atoms with Gasteiger partial charge in [-0.1, -0.05) is 13.8 Å². The SMILES string of the molecule is CCCNN=C1CCC(C)CC1. The van der Waals surface area contributed by atoms with E-state index in [-0.39, 0.29) is 0 Å². The van der Waals surface area contributed by atoms with Crippen molar-refractivity contribution in [1.29, 1.82) is 0 Å². The molecule has 1 saturated carbocycles. The van der Waals surface area contributed by atoms with Gasteiger partial charge in [0.2, 0.25) is 0 Å². The van der Waals surface area contributed by atoms with Gasteiger partial charge in [0.15, 0.2) is 0 Å². The number of hydrogen-bond acceptors (Lipinski definition) is 2. The van der Waals surface area contributed by atoms with Crippen molar-refractivity contribution < 1.29 is 0 Å². The molecule has 0 radical (unpaired) electrons. The number of rotatable bonds is 3. The zero-order valence-corrected chi connectivity index (χ0v) is 8.27. The molecule has 1 aliphatic rings. The highest BCUT2D eigenvalue weighted by Crippen LogP contribution is 2.20. The summed E-state index contributed by atoms with van der Waals surface area (Å²) in [6.07, 6.45) is 6.22. The maximum Gasteiger partial charge on any atom is 0.0378 e. The highest BCUT2D eigenvalue weighted by molar-refractivity contribution is 5.84. The fraction of sp³-hybridized carbons (Fsp3) is 0.900. The van der Waals surface area contributed by atoms with Crippen LogP contribution in [0.15, 0.2) is 5.10 Å². The van der Waals surface area contributed by atoms with Crippen molar-refractivity contribution in [2.24, 2.45) is 11.0 Å². The summed E-state index contributed by atoms with van der Waals surface area (Å²) in [6, 6.07) is 0. The van der Waals surface area contributed by atoms with E-state index in [1.54, 1.807) is 0 Å². The standard InChI is InChI=1S/C10H20N2/c1-3-8-11-12-10-6-4-9(2)5-7-10/h9,11H,3-8H2,1-2H3. The van der Waals surface area contributed by atoms with Gasteiger partial charge in [-0.3, -0.25) is 0 Å². The smallest absolute Gasteiger partial charge is 0.0378 e. The van der Waals surface area contributed by atoms with Crippen LogP contribution in [0.1, 0.15) is 46.0 Å². The van der Waals surface area contributed by atoms with Gasteiger partial charge in [-0.2, -0.15) is 5.10 Å². The van der Waals surface area contributed by atoms with E-state index in [9.17, 15) is 0 Å². The maximum absolute atomic E-state index is 4.37. The molecule has 0 spiro atoms. The lowest BCUT2D eigenvalue weighted by Gasteiger charge is -2.18. The van der Waals surface area contributed by atoms with Crippen LogP contribution in [0.4, 0.5) is 0 Å². The van der Waals surface area contributed by atoms with Crippen LogP contribution in [0, 0.1) is 5.92 Å². The topological polar surface area (TPSA) is 24.4 Å². The van der Waals surface area contributed by atoms with Crippen LogP contribution >= 0.6 is 0 Å². The maximum atomic E-state index is 4.37. The number of nitrogens with zero attached hydrogens (tertiary/aromatic N) is 1. The number of hydrogen-bond donors (Lipinski definition) is 1. The second kappa shape index (κ2) is 5.18. The Morgan fingerprint density at radius 2 is 2.08 bits per heavy atom. The summed E-state index contributed by atoms with van der Waals surface area (Å²) in [4.78, 5) is 0. The Bertz CT molecular complexity index is 142. The molecule has 2 heteroatoms. The third-order valence-corrected chi connectivity index (χ3v) is 2.45. The van der Waals surface area contributed by atoms with Crippen molar-refractivity contribution in [3.63, 3.8) is 0 Å². The molecule has 2 nitrogen and oxygen atoms in total. The first kappa shape index (κ1) is 9.56. The average molecular weight is 168 g/mol. The van der Waals surface area contributed by atoms with E-state index >= 15 is 0 Å². The first-order valence-electron chi connectivity index (χ1n) is 5.11. The lowest BCUT2D eigenvalue weighted by Crippen LogP contribution is -2.16. The summed E-state index contributed by atoms with van der Waals surface area (Å²) < 4.78 is 0. The molecule has 0 aliphatic heterocycles. The van der Waals surface area contributed by atoms with Crippen LogP contribution in [-0.4, -0.2) is 12.3 Å². The summed E-state index contributed by atoms with van der Waals surface area (Å²) in [5.41, 5.74) is 4.48. The fourth-order valence-electron chi connectivity index (χ4n) is 1.49. The van der Waals surface area contributed by atoms with Crippen LogP contribution < -0.4 is 5.43 Å². The Morgan fingerprint density at radius 1 is 1.42 bits per heavy atom. The van der Waals surface area contributed by atoms with Crippen LogP contribution in [0.2, 0.25) is 0 Å². The molecular formula is C10H20N2. The van der Waals surface area contributed by atoms with Gasteiger partial charge in [-0.05, 0) is 38.0 Å². The monoisotopic (exact) mass is 168 g/mol. The van der Waals surface area contributed by atoms with E-state index in [0.29, 0.717) is 0 Å². The molecule has 1 aliphatic carbocycles.